The molecule has 0 aliphatic carbocycles. The minimum absolute atomic E-state index is 0.0830. The van der Waals surface area contributed by atoms with Crippen molar-refractivity contribution in [2.45, 2.75) is 55.5 Å². The lowest BCUT2D eigenvalue weighted by Gasteiger charge is -2.25. The van der Waals surface area contributed by atoms with Crippen LogP contribution >= 0.6 is 0 Å². The first-order valence-electron chi connectivity index (χ1n) is 7.25. The van der Waals surface area contributed by atoms with Gasteiger partial charge in [-0.25, -0.2) is 4.18 Å². The Labute approximate surface area is 138 Å². The Hall–Kier alpha value is 0.0200. The molecule has 1 unspecified atom stereocenters. The number of aliphatic hydroxyl groups excluding tert-OH is 5. The van der Waals surface area contributed by atoms with Crippen LogP contribution in [0.25, 0.3) is 0 Å². The second kappa shape index (κ2) is 8.92. The molecule has 9 nitrogen and oxygen atoms in total. The van der Waals surface area contributed by atoms with Gasteiger partial charge in [0.1, 0.15) is 35.9 Å². The predicted octanol–water partition coefficient (Wildman–Crippen LogP) is -2.59. The molecule has 0 bridgehead atoms. The molecule has 0 saturated carbocycles. The third-order valence-corrected chi connectivity index (χ3v) is 7.02. The van der Waals surface area contributed by atoms with E-state index in [1.54, 1.807) is 6.92 Å². The minimum atomic E-state index is -4.87. The summed E-state index contributed by atoms with van der Waals surface area (Å²) >= 11 is 0. The Morgan fingerprint density at radius 2 is 1.87 bits per heavy atom. The van der Waals surface area contributed by atoms with Crippen molar-refractivity contribution in [3.05, 3.63) is 0 Å². The Bertz CT molecular complexity index is 457. The van der Waals surface area contributed by atoms with Crippen molar-refractivity contribution in [1.82, 2.24) is 0 Å². The van der Waals surface area contributed by atoms with E-state index in [9.17, 15) is 34.0 Å². The van der Waals surface area contributed by atoms with E-state index in [1.807, 2.05) is 0 Å². The first-order valence-corrected chi connectivity index (χ1v) is 10.2. The second-order valence-electron chi connectivity index (χ2n) is 5.56. The van der Waals surface area contributed by atoms with Gasteiger partial charge in [-0.1, -0.05) is 13.3 Å². The molecule has 0 spiro atoms. The Morgan fingerprint density at radius 3 is 2.35 bits per heavy atom. The quantitative estimate of drug-likeness (QED) is 0.187. The third-order valence-electron chi connectivity index (χ3n) is 3.73. The topological polar surface area (TPSA) is 165 Å². The highest BCUT2D eigenvalue weighted by molar-refractivity contribution is 7.97. The van der Waals surface area contributed by atoms with Crippen molar-refractivity contribution < 1.29 is 42.7 Å². The zero-order valence-corrected chi connectivity index (χ0v) is 14.4. The summed E-state index contributed by atoms with van der Waals surface area (Å²) in [5.74, 6) is 0.0617. The molecule has 138 valence electrons. The van der Waals surface area contributed by atoms with Crippen LogP contribution in [0.4, 0.5) is 0 Å². The van der Waals surface area contributed by atoms with E-state index in [0.717, 1.165) is 0 Å². The SMILES string of the molecule is CCC[C@@H](O)[C@H](OS(=O)(=O)O)[C@H](O)C[S+]1C[C@@H](O)[C@H](O)[C@H]1CO. The van der Waals surface area contributed by atoms with Gasteiger partial charge in [0.2, 0.25) is 0 Å². The maximum absolute atomic E-state index is 10.9. The van der Waals surface area contributed by atoms with Crippen molar-refractivity contribution in [1.29, 1.82) is 0 Å². The smallest absolute Gasteiger partial charge is 0.391 e. The van der Waals surface area contributed by atoms with Crippen LogP contribution in [-0.4, -0.2) is 92.4 Å². The molecule has 7 atom stereocenters. The van der Waals surface area contributed by atoms with E-state index in [-0.39, 0.29) is 17.9 Å². The Balaban J connectivity index is 2.82. The van der Waals surface area contributed by atoms with Gasteiger partial charge >= 0.3 is 10.4 Å². The van der Waals surface area contributed by atoms with Crippen LogP contribution in [0.2, 0.25) is 0 Å². The van der Waals surface area contributed by atoms with E-state index >= 15 is 0 Å². The molecule has 11 heteroatoms. The van der Waals surface area contributed by atoms with Gasteiger partial charge in [-0.3, -0.25) is 4.55 Å². The summed E-state index contributed by atoms with van der Waals surface area (Å²) in [6.45, 7) is 1.35. The number of hydrogen-bond donors (Lipinski definition) is 6. The van der Waals surface area contributed by atoms with Gasteiger partial charge in [0.05, 0.1) is 12.7 Å². The van der Waals surface area contributed by atoms with E-state index in [4.69, 9.17) is 4.55 Å². The van der Waals surface area contributed by atoms with E-state index in [2.05, 4.69) is 4.18 Å². The van der Waals surface area contributed by atoms with E-state index < -0.39 is 63.7 Å². The fourth-order valence-corrected chi connectivity index (χ4v) is 5.81. The molecule has 1 fully saturated rings. The average molecular weight is 377 g/mol. The van der Waals surface area contributed by atoms with Crippen molar-refractivity contribution in [3.63, 3.8) is 0 Å². The third kappa shape index (κ3) is 6.11. The molecule has 0 amide bonds. The Kier molecular flexibility index (Phi) is 8.17. The van der Waals surface area contributed by atoms with Crippen LogP contribution in [0, 0.1) is 0 Å². The van der Waals surface area contributed by atoms with E-state index in [0.29, 0.717) is 6.42 Å². The standard InChI is InChI=1S/C12H24O9S2/c1-2-3-7(14)12(21-23(18,19)20)9(16)6-22-5-8(15)11(17)10(22)4-13/h7-17H,2-6H2,1H3/p+1/t7-,8-,9-,10-,11+,12+,22?/m1/s1. The van der Waals surface area contributed by atoms with Crippen LogP contribution in [-0.2, 0) is 25.5 Å². The van der Waals surface area contributed by atoms with Gasteiger partial charge in [0.15, 0.2) is 5.25 Å². The average Bonchev–Trinajstić information content (AvgIpc) is 2.69. The molecule has 1 rings (SSSR count). The van der Waals surface area contributed by atoms with Crippen molar-refractivity contribution in [3.8, 4) is 0 Å². The van der Waals surface area contributed by atoms with Gasteiger partial charge in [-0.15, -0.1) is 0 Å². The van der Waals surface area contributed by atoms with Gasteiger partial charge in [0.25, 0.3) is 0 Å². The first kappa shape index (κ1) is 21.1. The zero-order valence-electron chi connectivity index (χ0n) is 12.7. The molecule has 1 aliphatic heterocycles. The fraction of sp³-hybridized carbons (Fsp3) is 1.00. The molecule has 0 aromatic carbocycles. The normalized spacial score (nSPS) is 32.7. The highest BCUT2D eigenvalue weighted by atomic mass is 32.3. The molecular formula is C12H25O9S2+. The summed E-state index contributed by atoms with van der Waals surface area (Å²) in [5, 5.41) is 48.2. The molecule has 1 saturated heterocycles. The molecule has 0 aromatic rings. The molecule has 1 aliphatic rings. The lowest BCUT2D eigenvalue weighted by Crippen LogP contribution is -2.46. The molecular weight excluding hydrogens is 352 g/mol. The van der Waals surface area contributed by atoms with Crippen LogP contribution in [0.15, 0.2) is 0 Å². The zero-order chi connectivity index (χ0) is 17.8. The summed E-state index contributed by atoms with van der Waals surface area (Å²) in [6.07, 6.45) is -5.84. The lowest BCUT2D eigenvalue weighted by atomic mass is 10.1. The van der Waals surface area contributed by atoms with Crippen LogP contribution in [0.5, 0.6) is 0 Å². The number of rotatable bonds is 9. The summed E-state index contributed by atoms with van der Waals surface area (Å²) in [5.41, 5.74) is 0. The molecule has 23 heavy (non-hydrogen) atoms. The van der Waals surface area contributed by atoms with Crippen molar-refractivity contribution >= 4 is 21.3 Å². The second-order valence-corrected chi connectivity index (χ2v) is 8.96. The summed E-state index contributed by atoms with van der Waals surface area (Å²) in [4.78, 5) is 0. The van der Waals surface area contributed by atoms with Gasteiger partial charge in [-0.05, 0) is 6.42 Å². The molecule has 1 heterocycles. The van der Waals surface area contributed by atoms with Gasteiger partial charge in [0, 0.05) is 10.9 Å². The van der Waals surface area contributed by atoms with Gasteiger partial charge in [-0.2, -0.15) is 8.42 Å². The monoisotopic (exact) mass is 377 g/mol. The van der Waals surface area contributed by atoms with Crippen molar-refractivity contribution in [2.75, 3.05) is 18.1 Å². The summed E-state index contributed by atoms with van der Waals surface area (Å²) < 4.78 is 35.0. The first-order chi connectivity index (χ1) is 10.6. The maximum Gasteiger partial charge on any atom is 0.397 e. The highest BCUT2D eigenvalue weighted by Gasteiger charge is 2.51. The summed E-state index contributed by atoms with van der Waals surface area (Å²) in [7, 11) is -5.66. The lowest BCUT2D eigenvalue weighted by molar-refractivity contribution is -0.0396. The van der Waals surface area contributed by atoms with Crippen LogP contribution in [0.1, 0.15) is 19.8 Å². The van der Waals surface area contributed by atoms with E-state index in [1.165, 1.54) is 0 Å². The largest absolute Gasteiger partial charge is 0.397 e. The fourth-order valence-electron chi connectivity index (χ4n) is 2.59. The molecule has 0 aromatic heterocycles. The minimum Gasteiger partial charge on any atom is -0.391 e. The van der Waals surface area contributed by atoms with Crippen LogP contribution < -0.4 is 0 Å². The number of hydrogen-bond acceptors (Lipinski definition) is 8. The predicted molar refractivity (Wildman–Crippen MR) is 83.3 cm³/mol. The summed E-state index contributed by atoms with van der Waals surface area (Å²) in [6, 6.07) is 0. The highest BCUT2D eigenvalue weighted by Crippen LogP contribution is 2.26. The molecule has 6 N–H and O–H groups in total. The maximum atomic E-state index is 10.9. The van der Waals surface area contributed by atoms with Crippen LogP contribution in [0.3, 0.4) is 0 Å². The van der Waals surface area contributed by atoms with Crippen molar-refractivity contribution in [2.24, 2.45) is 0 Å². The Morgan fingerprint density at radius 1 is 1.26 bits per heavy atom. The number of aliphatic hydroxyl groups is 5. The van der Waals surface area contributed by atoms with Gasteiger partial charge < -0.3 is 25.5 Å². The molecule has 0 radical (unpaired) electrons.